The van der Waals surface area contributed by atoms with Crippen LogP contribution in [0.1, 0.15) is 63.9 Å². The Hall–Kier alpha value is -0.380. The van der Waals surface area contributed by atoms with Gasteiger partial charge in [-0.1, -0.05) is 27.7 Å². The van der Waals surface area contributed by atoms with Crippen LogP contribution >= 0.6 is 11.3 Å². The molecule has 0 amide bonds. The molecule has 3 heteroatoms. The fourth-order valence-electron chi connectivity index (χ4n) is 3.05. The first-order valence-corrected chi connectivity index (χ1v) is 8.85. The Balaban J connectivity index is 3.14. The maximum Gasteiger partial charge on any atom is 0.0595 e. The van der Waals surface area contributed by atoms with Crippen LogP contribution in [0.15, 0.2) is 11.4 Å². The van der Waals surface area contributed by atoms with Crippen molar-refractivity contribution >= 4 is 11.3 Å². The molecule has 1 rings (SSSR count). The van der Waals surface area contributed by atoms with Crippen molar-refractivity contribution in [3.8, 4) is 0 Å². The maximum atomic E-state index is 6.39. The summed E-state index contributed by atoms with van der Waals surface area (Å²) in [4.78, 5) is 4.11. The number of hydrogen-bond acceptors (Lipinski definition) is 3. The van der Waals surface area contributed by atoms with Gasteiger partial charge in [0.2, 0.25) is 0 Å². The van der Waals surface area contributed by atoms with Crippen molar-refractivity contribution in [1.29, 1.82) is 0 Å². The summed E-state index contributed by atoms with van der Waals surface area (Å²) in [6, 6.07) is 3.35. The number of thiophene rings is 1. The largest absolute Gasteiger partial charge is 0.326 e. The molecular formula is C17H32N2S. The summed E-state index contributed by atoms with van der Waals surface area (Å²) in [6.45, 7) is 14.7. The van der Waals surface area contributed by atoms with Gasteiger partial charge in [0.15, 0.2) is 0 Å². The number of hydrogen-bond donors (Lipinski definition) is 1. The lowest BCUT2D eigenvalue weighted by molar-refractivity contribution is 0.0972. The standard InChI is InChI=1S/C17H32N2S/c1-7-15(8-2)19(11-12(3)4)16(14(6)18)17-13(5)9-10-20-17/h9-10,12,14-16H,7-8,11,18H2,1-6H3. The molecule has 0 aliphatic heterocycles. The van der Waals surface area contributed by atoms with Crippen LogP contribution < -0.4 is 5.73 Å². The first-order valence-electron chi connectivity index (χ1n) is 7.97. The summed E-state index contributed by atoms with van der Waals surface area (Å²) in [7, 11) is 0. The minimum absolute atomic E-state index is 0.159. The lowest BCUT2D eigenvalue weighted by Crippen LogP contribution is -2.46. The molecule has 1 aromatic heterocycles. The van der Waals surface area contributed by atoms with Crippen LogP contribution in [0.5, 0.6) is 0 Å². The predicted octanol–water partition coefficient (Wildman–Crippen LogP) is 4.59. The van der Waals surface area contributed by atoms with E-state index in [-0.39, 0.29) is 6.04 Å². The quantitative estimate of drug-likeness (QED) is 0.760. The Kier molecular flexibility index (Phi) is 7.21. The smallest absolute Gasteiger partial charge is 0.0595 e. The van der Waals surface area contributed by atoms with Gasteiger partial charge < -0.3 is 5.73 Å². The van der Waals surface area contributed by atoms with Gasteiger partial charge >= 0.3 is 0 Å². The predicted molar refractivity (Wildman–Crippen MR) is 91.4 cm³/mol. The van der Waals surface area contributed by atoms with Gasteiger partial charge in [-0.05, 0) is 49.6 Å². The number of nitrogens with two attached hydrogens (primary N) is 1. The van der Waals surface area contributed by atoms with Crippen LogP contribution in [0.25, 0.3) is 0 Å². The summed E-state index contributed by atoms with van der Waals surface area (Å²) in [6.07, 6.45) is 2.38. The molecular weight excluding hydrogens is 264 g/mol. The highest BCUT2D eigenvalue weighted by Crippen LogP contribution is 2.34. The monoisotopic (exact) mass is 296 g/mol. The van der Waals surface area contributed by atoms with Gasteiger partial charge in [0.05, 0.1) is 6.04 Å². The first-order chi connectivity index (χ1) is 9.42. The molecule has 0 fully saturated rings. The van der Waals surface area contributed by atoms with Gasteiger partial charge in [-0.3, -0.25) is 4.90 Å². The second-order valence-electron chi connectivity index (χ2n) is 6.33. The molecule has 2 N–H and O–H groups in total. The van der Waals surface area contributed by atoms with E-state index < -0.39 is 0 Å². The molecule has 1 heterocycles. The summed E-state index contributed by atoms with van der Waals surface area (Å²) >= 11 is 1.86. The van der Waals surface area contributed by atoms with E-state index in [2.05, 4.69) is 57.9 Å². The normalized spacial score (nSPS) is 15.3. The molecule has 1 aromatic rings. The lowest BCUT2D eigenvalue weighted by Gasteiger charge is -2.40. The summed E-state index contributed by atoms with van der Waals surface area (Å²) < 4.78 is 0. The van der Waals surface area contributed by atoms with Crippen LogP contribution in [-0.2, 0) is 0 Å². The molecule has 20 heavy (non-hydrogen) atoms. The van der Waals surface area contributed by atoms with Crippen LogP contribution in [0.2, 0.25) is 0 Å². The molecule has 0 aliphatic carbocycles. The van der Waals surface area contributed by atoms with Crippen molar-refractivity contribution in [3.63, 3.8) is 0 Å². The Labute approximate surface area is 129 Å². The van der Waals surface area contributed by atoms with E-state index >= 15 is 0 Å². The average molecular weight is 297 g/mol. The molecule has 0 radical (unpaired) electrons. The van der Waals surface area contributed by atoms with Crippen LogP contribution in [0, 0.1) is 12.8 Å². The van der Waals surface area contributed by atoms with E-state index in [1.54, 1.807) is 0 Å². The SMILES string of the molecule is CCC(CC)N(CC(C)C)C(c1sccc1C)C(C)N. The van der Waals surface area contributed by atoms with Crippen LogP contribution in [0.4, 0.5) is 0 Å². The minimum atomic E-state index is 0.159. The molecule has 0 saturated carbocycles. The third kappa shape index (κ3) is 4.31. The highest BCUT2D eigenvalue weighted by molar-refractivity contribution is 7.10. The summed E-state index contributed by atoms with van der Waals surface area (Å²) in [5.74, 6) is 0.664. The van der Waals surface area contributed by atoms with Crippen molar-refractivity contribution in [3.05, 3.63) is 21.9 Å². The summed E-state index contributed by atoms with van der Waals surface area (Å²) in [5, 5.41) is 2.19. The highest BCUT2D eigenvalue weighted by atomic mass is 32.1. The Bertz CT molecular complexity index is 380. The highest BCUT2D eigenvalue weighted by Gasteiger charge is 2.30. The van der Waals surface area contributed by atoms with Crippen molar-refractivity contribution in [2.75, 3.05) is 6.54 Å². The Morgan fingerprint density at radius 1 is 1.20 bits per heavy atom. The van der Waals surface area contributed by atoms with Crippen LogP contribution in [-0.4, -0.2) is 23.5 Å². The van der Waals surface area contributed by atoms with Crippen molar-refractivity contribution in [2.45, 2.75) is 72.5 Å². The number of aryl methyl sites for hydroxylation is 1. The van der Waals surface area contributed by atoms with Crippen LogP contribution in [0.3, 0.4) is 0 Å². The Morgan fingerprint density at radius 3 is 2.15 bits per heavy atom. The molecule has 2 atom stereocenters. The first kappa shape index (κ1) is 17.7. The van der Waals surface area contributed by atoms with E-state index in [0.29, 0.717) is 18.0 Å². The number of rotatable bonds is 8. The molecule has 116 valence electrons. The maximum absolute atomic E-state index is 6.39. The second kappa shape index (κ2) is 8.16. The molecule has 2 unspecified atom stereocenters. The molecule has 0 aliphatic rings. The van der Waals surface area contributed by atoms with Gasteiger partial charge in [0, 0.05) is 23.5 Å². The van der Waals surface area contributed by atoms with Crippen molar-refractivity contribution < 1.29 is 0 Å². The van der Waals surface area contributed by atoms with E-state index in [4.69, 9.17) is 5.73 Å². The van der Waals surface area contributed by atoms with E-state index in [0.717, 1.165) is 6.54 Å². The fraction of sp³-hybridized carbons (Fsp3) is 0.765. The van der Waals surface area contributed by atoms with E-state index in [1.165, 1.54) is 23.3 Å². The van der Waals surface area contributed by atoms with Gasteiger partial charge in [-0.15, -0.1) is 11.3 Å². The van der Waals surface area contributed by atoms with E-state index in [1.807, 2.05) is 11.3 Å². The Morgan fingerprint density at radius 2 is 1.80 bits per heavy atom. The molecule has 0 aromatic carbocycles. The average Bonchev–Trinajstić information content (AvgIpc) is 2.76. The van der Waals surface area contributed by atoms with Gasteiger partial charge in [0.25, 0.3) is 0 Å². The van der Waals surface area contributed by atoms with Crippen molar-refractivity contribution in [1.82, 2.24) is 4.90 Å². The fourth-order valence-corrected chi connectivity index (χ4v) is 4.21. The topological polar surface area (TPSA) is 29.3 Å². The summed E-state index contributed by atoms with van der Waals surface area (Å²) in [5.41, 5.74) is 7.77. The van der Waals surface area contributed by atoms with Gasteiger partial charge in [0.1, 0.15) is 0 Å². The molecule has 2 nitrogen and oxygen atoms in total. The zero-order valence-electron chi connectivity index (χ0n) is 14.0. The zero-order valence-corrected chi connectivity index (χ0v) is 14.8. The zero-order chi connectivity index (χ0) is 15.3. The van der Waals surface area contributed by atoms with Gasteiger partial charge in [-0.25, -0.2) is 0 Å². The molecule has 0 saturated heterocycles. The van der Waals surface area contributed by atoms with Crippen molar-refractivity contribution in [2.24, 2.45) is 11.7 Å². The lowest BCUT2D eigenvalue weighted by atomic mass is 9.98. The van der Waals surface area contributed by atoms with E-state index in [9.17, 15) is 0 Å². The molecule has 0 bridgehead atoms. The van der Waals surface area contributed by atoms with Gasteiger partial charge in [-0.2, -0.15) is 0 Å². The second-order valence-corrected chi connectivity index (χ2v) is 7.28. The number of nitrogens with zero attached hydrogens (tertiary/aromatic N) is 1. The third-order valence-electron chi connectivity index (χ3n) is 4.01. The molecule has 0 spiro atoms. The third-order valence-corrected chi connectivity index (χ3v) is 5.10. The minimum Gasteiger partial charge on any atom is -0.326 e.